The van der Waals surface area contributed by atoms with Crippen molar-refractivity contribution in [1.82, 2.24) is 14.7 Å². The van der Waals surface area contributed by atoms with E-state index in [0.717, 1.165) is 11.1 Å². The molecule has 1 heterocycles. The molecule has 2 aromatic carbocycles. The predicted octanol–water partition coefficient (Wildman–Crippen LogP) is 3.26. The highest BCUT2D eigenvalue weighted by Gasteiger charge is 2.20. The van der Waals surface area contributed by atoms with Gasteiger partial charge in [-0.2, -0.15) is 5.10 Å². The van der Waals surface area contributed by atoms with Crippen molar-refractivity contribution in [3.63, 3.8) is 0 Å². The second kappa shape index (κ2) is 7.53. The number of nitrogens with zero attached hydrogens (tertiary/aromatic N) is 3. The van der Waals surface area contributed by atoms with E-state index in [1.54, 1.807) is 32.2 Å². The lowest BCUT2D eigenvalue weighted by atomic mass is 10.1. The van der Waals surface area contributed by atoms with Gasteiger partial charge in [0.05, 0.1) is 0 Å². The molecule has 0 saturated carbocycles. The number of aromatic nitrogens is 2. The zero-order chi connectivity index (χ0) is 19.6. The molecule has 0 radical (unpaired) electrons. The van der Waals surface area contributed by atoms with Gasteiger partial charge in [0, 0.05) is 25.4 Å². The summed E-state index contributed by atoms with van der Waals surface area (Å²) in [7, 11) is 1.61. The minimum absolute atomic E-state index is 0.186. The van der Waals surface area contributed by atoms with Gasteiger partial charge in [0.1, 0.15) is 11.5 Å². The fourth-order valence-electron chi connectivity index (χ4n) is 2.86. The van der Waals surface area contributed by atoms with Crippen molar-refractivity contribution < 1.29 is 9.18 Å². The molecule has 0 fully saturated rings. The number of carbonyl (C=O) groups is 1. The van der Waals surface area contributed by atoms with Gasteiger partial charge in [-0.25, -0.2) is 9.07 Å². The van der Waals surface area contributed by atoms with E-state index in [0.29, 0.717) is 12.2 Å². The molecule has 1 amide bonds. The first-order valence-corrected chi connectivity index (χ1v) is 8.54. The monoisotopic (exact) mass is 365 g/mol. The Hall–Kier alpha value is -3.28. The van der Waals surface area contributed by atoms with Crippen molar-refractivity contribution in [2.45, 2.75) is 20.4 Å². The maximum absolute atomic E-state index is 14.1. The van der Waals surface area contributed by atoms with Gasteiger partial charge < -0.3 is 4.90 Å². The van der Waals surface area contributed by atoms with Crippen LogP contribution in [0.1, 0.15) is 27.3 Å². The molecule has 5 nitrogen and oxygen atoms in total. The van der Waals surface area contributed by atoms with Crippen LogP contribution in [0, 0.1) is 19.7 Å². The minimum atomic E-state index is -0.506. The van der Waals surface area contributed by atoms with Gasteiger partial charge in [0.2, 0.25) is 5.43 Å². The Bertz CT molecular complexity index is 1060. The van der Waals surface area contributed by atoms with Gasteiger partial charge >= 0.3 is 0 Å². The number of aryl methyl sites for hydroxylation is 2. The second-order valence-electron chi connectivity index (χ2n) is 6.45. The maximum Gasteiger partial charge on any atom is 0.278 e. The number of hydrogen-bond donors (Lipinski definition) is 0. The Kier molecular flexibility index (Phi) is 5.16. The van der Waals surface area contributed by atoms with Crippen molar-refractivity contribution in [3.05, 3.63) is 93.2 Å². The molecule has 138 valence electrons. The van der Waals surface area contributed by atoms with Crippen molar-refractivity contribution in [2.24, 2.45) is 0 Å². The Morgan fingerprint density at radius 2 is 1.78 bits per heavy atom. The highest BCUT2D eigenvalue weighted by Crippen LogP contribution is 2.14. The largest absolute Gasteiger partial charge is 0.336 e. The number of carbonyl (C=O) groups excluding carboxylic acids is 1. The Balaban J connectivity index is 1.98. The number of halogens is 1. The summed E-state index contributed by atoms with van der Waals surface area (Å²) in [6.07, 6.45) is 0. The van der Waals surface area contributed by atoms with Crippen LogP contribution in [0.2, 0.25) is 0 Å². The Labute approximate surface area is 156 Å². The van der Waals surface area contributed by atoms with E-state index in [2.05, 4.69) is 5.10 Å². The van der Waals surface area contributed by atoms with Crippen molar-refractivity contribution in [2.75, 3.05) is 7.05 Å². The molecule has 0 saturated heterocycles. The number of benzene rings is 2. The molecule has 3 aromatic rings. The van der Waals surface area contributed by atoms with E-state index < -0.39 is 17.2 Å². The summed E-state index contributed by atoms with van der Waals surface area (Å²) in [4.78, 5) is 26.6. The van der Waals surface area contributed by atoms with Crippen LogP contribution in [-0.4, -0.2) is 27.6 Å². The van der Waals surface area contributed by atoms with E-state index >= 15 is 0 Å². The second-order valence-corrected chi connectivity index (χ2v) is 6.45. The summed E-state index contributed by atoms with van der Waals surface area (Å²) in [5, 5.41) is 4.16. The highest BCUT2D eigenvalue weighted by atomic mass is 19.1. The van der Waals surface area contributed by atoms with Gasteiger partial charge in [-0.1, -0.05) is 36.4 Å². The SMILES string of the molecule is Cc1ccccc1CN(C)C(=O)c1nn(-c2ccccc2F)c(C)cc1=O. The lowest BCUT2D eigenvalue weighted by Crippen LogP contribution is -2.33. The van der Waals surface area contributed by atoms with Crippen molar-refractivity contribution in [3.8, 4) is 5.69 Å². The molecule has 3 rings (SSSR count). The first-order chi connectivity index (χ1) is 12.9. The first kappa shape index (κ1) is 18.5. The zero-order valence-electron chi connectivity index (χ0n) is 15.4. The smallest absolute Gasteiger partial charge is 0.278 e. The molecule has 0 aliphatic carbocycles. The Morgan fingerprint density at radius 1 is 1.11 bits per heavy atom. The number of para-hydroxylation sites is 1. The van der Waals surface area contributed by atoms with E-state index in [-0.39, 0.29) is 11.4 Å². The molecule has 1 aromatic heterocycles. The lowest BCUT2D eigenvalue weighted by molar-refractivity contribution is 0.0775. The van der Waals surface area contributed by atoms with Gasteiger partial charge in [-0.3, -0.25) is 9.59 Å². The molecular weight excluding hydrogens is 345 g/mol. The van der Waals surface area contributed by atoms with Gasteiger partial charge in [-0.05, 0) is 37.1 Å². The summed E-state index contributed by atoms with van der Waals surface area (Å²) < 4.78 is 15.4. The van der Waals surface area contributed by atoms with Crippen LogP contribution in [0.3, 0.4) is 0 Å². The molecule has 6 heteroatoms. The fourth-order valence-corrected chi connectivity index (χ4v) is 2.86. The fraction of sp³-hybridized carbons (Fsp3) is 0.190. The van der Waals surface area contributed by atoms with E-state index in [9.17, 15) is 14.0 Å². The molecule has 0 aliphatic rings. The summed E-state index contributed by atoms with van der Waals surface area (Å²) in [5.74, 6) is -0.989. The van der Waals surface area contributed by atoms with Crippen LogP contribution in [-0.2, 0) is 6.54 Å². The van der Waals surface area contributed by atoms with E-state index in [1.807, 2.05) is 31.2 Å². The molecule has 0 N–H and O–H groups in total. The van der Waals surface area contributed by atoms with Crippen LogP contribution < -0.4 is 5.43 Å². The maximum atomic E-state index is 14.1. The van der Waals surface area contributed by atoms with E-state index in [4.69, 9.17) is 0 Å². The average molecular weight is 365 g/mol. The van der Waals surface area contributed by atoms with Gasteiger partial charge in [0.25, 0.3) is 5.91 Å². The molecule has 0 bridgehead atoms. The van der Waals surface area contributed by atoms with Gasteiger partial charge in [0.15, 0.2) is 5.69 Å². The number of rotatable bonds is 4. The lowest BCUT2D eigenvalue weighted by Gasteiger charge is -2.19. The third-order valence-electron chi connectivity index (χ3n) is 4.41. The third-order valence-corrected chi connectivity index (χ3v) is 4.41. The van der Waals surface area contributed by atoms with Crippen LogP contribution in [0.5, 0.6) is 0 Å². The third kappa shape index (κ3) is 3.79. The molecular formula is C21H20FN3O2. The molecule has 0 aliphatic heterocycles. The van der Waals surface area contributed by atoms with Crippen LogP contribution in [0.4, 0.5) is 4.39 Å². The summed E-state index contributed by atoms with van der Waals surface area (Å²) in [6, 6.07) is 15.1. The number of hydrogen-bond acceptors (Lipinski definition) is 3. The molecule has 0 spiro atoms. The molecule has 0 atom stereocenters. The zero-order valence-corrected chi connectivity index (χ0v) is 15.4. The van der Waals surface area contributed by atoms with E-state index in [1.165, 1.54) is 21.7 Å². The topological polar surface area (TPSA) is 55.2 Å². The highest BCUT2D eigenvalue weighted by molar-refractivity contribution is 5.91. The number of amides is 1. The van der Waals surface area contributed by atoms with Crippen LogP contribution in [0.15, 0.2) is 59.4 Å². The normalized spacial score (nSPS) is 10.7. The molecule has 0 unspecified atom stereocenters. The minimum Gasteiger partial charge on any atom is -0.336 e. The quantitative estimate of drug-likeness (QED) is 0.713. The summed E-state index contributed by atoms with van der Waals surface area (Å²) >= 11 is 0. The molecule has 27 heavy (non-hydrogen) atoms. The predicted molar refractivity (Wildman–Crippen MR) is 102 cm³/mol. The Morgan fingerprint density at radius 3 is 2.48 bits per heavy atom. The standard InChI is InChI=1S/C21H20FN3O2/c1-14-8-4-5-9-16(14)13-24(3)21(27)20-19(26)12-15(2)25(23-20)18-11-7-6-10-17(18)22/h4-12H,13H2,1-3H3. The van der Waals surface area contributed by atoms with Crippen molar-refractivity contribution in [1.29, 1.82) is 0 Å². The van der Waals surface area contributed by atoms with Crippen LogP contribution in [0.25, 0.3) is 5.69 Å². The van der Waals surface area contributed by atoms with Gasteiger partial charge in [-0.15, -0.1) is 0 Å². The summed E-state index contributed by atoms with van der Waals surface area (Å²) in [5.41, 5.74) is 1.95. The average Bonchev–Trinajstić information content (AvgIpc) is 2.64. The van der Waals surface area contributed by atoms with Crippen molar-refractivity contribution >= 4 is 5.91 Å². The summed E-state index contributed by atoms with van der Waals surface area (Å²) in [6.45, 7) is 3.95. The van der Waals surface area contributed by atoms with Crippen LogP contribution >= 0.6 is 0 Å². The first-order valence-electron chi connectivity index (χ1n) is 8.54.